The smallest absolute Gasteiger partial charge is 0.271 e. The van der Waals surface area contributed by atoms with E-state index in [0.29, 0.717) is 17.1 Å². The van der Waals surface area contributed by atoms with E-state index in [1.54, 1.807) is 32.4 Å². The minimum absolute atomic E-state index is 0.218. The standard InChI is InChI=1S/C21H32N2O3/c1-25-19-15-14-17(16-20(19)26-2)21(24)23-22-18-12-10-8-6-4-3-5-7-9-11-13-18/h14-16H,3-13H2,1-2H3,(H,23,24). The normalized spacial score (nSPS) is 16.8. The molecule has 1 aliphatic rings. The molecule has 1 aromatic carbocycles. The Balaban J connectivity index is 1.96. The molecule has 0 spiro atoms. The van der Waals surface area contributed by atoms with Gasteiger partial charge < -0.3 is 9.47 Å². The Morgan fingerprint density at radius 1 is 0.846 bits per heavy atom. The number of hydrazone groups is 1. The number of methoxy groups -OCH3 is 2. The third kappa shape index (κ3) is 6.70. The van der Waals surface area contributed by atoms with Gasteiger partial charge in [0.25, 0.3) is 5.91 Å². The summed E-state index contributed by atoms with van der Waals surface area (Å²) < 4.78 is 10.5. The van der Waals surface area contributed by atoms with Crippen LogP contribution in [0.4, 0.5) is 0 Å². The first kappa shape index (κ1) is 20.3. The summed E-state index contributed by atoms with van der Waals surface area (Å²) in [5.74, 6) is 0.929. The fourth-order valence-corrected chi connectivity index (χ4v) is 3.30. The summed E-state index contributed by atoms with van der Waals surface area (Å²) in [6, 6.07) is 5.13. The van der Waals surface area contributed by atoms with Gasteiger partial charge in [0.15, 0.2) is 11.5 Å². The van der Waals surface area contributed by atoms with Crippen LogP contribution in [0.15, 0.2) is 23.3 Å². The first-order valence-electron chi connectivity index (χ1n) is 9.82. The van der Waals surface area contributed by atoms with E-state index in [1.807, 2.05) is 0 Å². The number of nitrogens with zero attached hydrogens (tertiary/aromatic N) is 1. The van der Waals surface area contributed by atoms with Crippen LogP contribution in [0.3, 0.4) is 0 Å². The molecule has 0 heterocycles. The highest BCUT2D eigenvalue weighted by Crippen LogP contribution is 2.27. The Morgan fingerprint density at radius 3 is 1.92 bits per heavy atom. The number of carbonyl (C=O) groups excluding carboxylic acids is 1. The van der Waals surface area contributed by atoms with E-state index in [-0.39, 0.29) is 5.91 Å². The molecule has 5 heteroatoms. The summed E-state index contributed by atoms with van der Waals surface area (Å²) in [5, 5.41) is 4.43. The molecule has 0 atom stereocenters. The lowest BCUT2D eigenvalue weighted by Crippen LogP contribution is -2.20. The maximum absolute atomic E-state index is 12.4. The van der Waals surface area contributed by atoms with Gasteiger partial charge >= 0.3 is 0 Å². The maximum atomic E-state index is 12.4. The van der Waals surface area contributed by atoms with Gasteiger partial charge in [-0.15, -0.1) is 0 Å². The van der Waals surface area contributed by atoms with Crippen molar-refractivity contribution >= 4 is 11.6 Å². The topological polar surface area (TPSA) is 59.9 Å². The molecule has 144 valence electrons. The number of hydrogen-bond donors (Lipinski definition) is 1. The first-order chi connectivity index (χ1) is 12.7. The second kappa shape index (κ2) is 11.6. The van der Waals surface area contributed by atoms with Crippen molar-refractivity contribution in [2.75, 3.05) is 14.2 Å². The summed E-state index contributed by atoms with van der Waals surface area (Å²) in [4.78, 5) is 12.4. The van der Waals surface area contributed by atoms with E-state index >= 15 is 0 Å². The summed E-state index contributed by atoms with van der Waals surface area (Å²) in [7, 11) is 3.14. The molecule has 0 aromatic heterocycles. The number of carbonyl (C=O) groups is 1. The highest BCUT2D eigenvalue weighted by atomic mass is 16.5. The number of hydrogen-bond acceptors (Lipinski definition) is 4. The number of amides is 1. The lowest BCUT2D eigenvalue weighted by atomic mass is 10.00. The number of ether oxygens (including phenoxy) is 2. The molecule has 1 fully saturated rings. The fourth-order valence-electron chi connectivity index (χ4n) is 3.30. The van der Waals surface area contributed by atoms with Crippen molar-refractivity contribution in [3.05, 3.63) is 23.8 Å². The van der Waals surface area contributed by atoms with Crippen molar-refractivity contribution in [3.63, 3.8) is 0 Å². The molecular weight excluding hydrogens is 328 g/mol. The highest BCUT2D eigenvalue weighted by Gasteiger charge is 2.11. The van der Waals surface area contributed by atoms with Gasteiger partial charge in [-0.25, -0.2) is 5.43 Å². The molecule has 26 heavy (non-hydrogen) atoms. The van der Waals surface area contributed by atoms with E-state index in [1.165, 1.54) is 44.9 Å². The van der Waals surface area contributed by atoms with Crippen molar-refractivity contribution < 1.29 is 14.3 Å². The summed E-state index contributed by atoms with van der Waals surface area (Å²) in [6.07, 6.45) is 13.5. The van der Waals surface area contributed by atoms with Gasteiger partial charge in [-0.05, 0) is 43.9 Å². The van der Waals surface area contributed by atoms with Gasteiger partial charge in [-0.2, -0.15) is 5.10 Å². The number of nitrogens with one attached hydrogen (secondary N) is 1. The quantitative estimate of drug-likeness (QED) is 0.760. The van der Waals surface area contributed by atoms with Gasteiger partial charge in [0.2, 0.25) is 0 Å². The molecule has 0 saturated heterocycles. The zero-order chi connectivity index (χ0) is 18.6. The van der Waals surface area contributed by atoms with Crippen LogP contribution in [-0.4, -0.2) is 25.8 Å². The largest absolute Gasteiger partial charge is 0.493 e. The third-order valence-electron chi connectivity index (χ3n) is 4.89. The summed E-state index contributed by atoms with van der Waals surface area (Å²) in [5.41, 5.74) is 4.35. The Labute approximate surface area is 157 Å². The lowest BCUT2D eigenvalue weighted by molar-refractivity contribution is 0.0954. The second-order valence-electron chi connectivity index (χ2n) is 6.87. The van der Waals surface area contributed by atoms with Crippen molar-refractivity contribution in [1.29, 1.82) is 0 Å². The van der Waals surface area contributed by atoms with Crippen molar-refractivity contribution in [2.24, 2.45) is 5.10 Å². The minimum atomic E-state index is -0.218. The van der Waals surface area contributed by atoms with Gasteiger partial charge in [0.1, 0.15) is 0 Å². The lowest BCUT2D eigenvalue weighted by Gasteiger charge is -2.11. The van der Waals surface area contributed by atoms with Crippen molar-refractivity contribution in [3.8, 4) is 11.5 Å². The van der Waals surface area contributed by atoms with Gasteiger partial charge in [-0.1, -0.05) is 44.9 Å². The van der Waals surface area contributed by atoms with Crippen LogP contribution < -0.4 is 14.9 Å². The van der Waals surface area contributed by atoms with Crippen LogP contribution in [0.5, 0.6) is 11.5 Å². The van der Waals surface area contributed by atoms with Crippen molar-refractivity contribution in [1.82, 2.24) is 5.43 Å². The Bertz CT molecular complexity index is 585. The number of benzene rings is 1. The van der Waals surface area contributed by atoms with E-state index < -0.39 is 0 Å². The van der Waals surface area contributed by atoms with Gasteiger partial charge in [-0.3, -0.25) is 4.79 Å². The third-order valence-corrected chi connectivity index (χ3v) is 4.89. The van der Waals surface area contributed by atoms with E-state index in [4.69, 9.17) is 9.47 Å². The summed E-state index contributed by atoms with van der Waals surface area (Å²) in [6.45, 7) is 0. The predicted octanol–water partition coefficient (Wildman–Crippen LogP) is 5.09. The van der Waals surface area contributed by atoms with Crippen molar-refractivity contribution in [2.45, 2.75) is 70.6 Å². The molecule has 0 bridgehead atoms. The molecule has 1 saturated carbocycles. The monoisotopic (exact) mass is 360 g/mol. The van der Waals surface area contributed by atoms with Crippen LogP contribution in [-0.2, 0) is 0 Å². The zero-order valence-electron chi connectivity index (χ0n) is 16.2. The summed E-state index contributed by atoms with van der Waals surface area (Å²) >= 11 is 0. The predicted molar refractivity (Wildman–Crippen MR) is 105 cm³/mol. The van der Waals surface area contributed by atoms with Gasteiger partial charge in [0.05, 0.1) is 14.2 Å². The molecule has 1 aromatic rings. The zero-order valence-corrected chi connectivity index (χ0v) is 16.2. The van der Waals surface area contributed by atoms with Crippen LogP contribution in [0, 0.1) is 0 Å². The van der Waals surface area contributed by atoms with E-state index in [0.717, 1.165) is 31.4 Å². The Hall–Kier alpha value is -2.04. The molecule has 0 radical (unpaired) electrons. The molecular formula is C21H32N2O3. The van der Waals surface area contributed by atoms with Crippen LogP contribution in [0.2, 0.25) is 0 Å². The molecule has 2 rings (SSSR count). The molecule has 5 nitrogen and oxygen atoms in total. The highest BCUT2D eigenvalue weighted by molar-refractivity contribution is 5.96. The Kier molecular flexibility index (Phi) is 9.01. The first-order valence-corrected chi connectivity index (χ1v) is 9.82. The van der Waals surface area contributed by atoms with Crippen LogP contribution in [0.25, 0.3) is 0 Å². The molecule has 0 unspecified atom stereocenters. The Morgan fingerprint density at radius 2 is 1.38 bits per heavy atom. The minimum Gasteiger partial charge on any atom is -0.493 e. The van der Waals surface area contributed by atoms with Crippen LogP contribution >= 0.6 is 0 Å². The molecule has 1 N–H and O–H groups in total. The van der Waals surface area contributed by atoms with E-state index in [2.05, 4.69) is 10.5 Å². The average molecular weight is 360 g/mol. The maximum Gasteiger partial charge on any atom is 0.271 e. The van der Waals surface area contributed by atoms with Gasteiger partial charge in [0, 0.05) is 11.3 Å². The van der Waals surface area contributed by atoms with E-state index in [9.17, 15) is 4.79 Å². The molecule has 1 amide bonds. The molecule has 1 aliphatic carbocycles. The SMILES string of the molecule is COc1ccc(C(=O)NN=C2CCCCCCCCCCC2)cc1OC. The van der Waals surface area contributed by atoms with Crippen LogP contribution in [0.1, 0.15) is 81.0 Å². The fraction of sp³-hybridized carbons (Fsp3) is 0.619. The average Bonchev–Trinajstić information content (AvgIpc) is 2.66. The number of rotatable bonds is 4. The second-order valence-corrected chi connectivity index (χ2v) is 6.87. The molecule has 0 aliphatic heterocycles.